The number of carbonyl (C=O) groups excluding carboxylic acids is 2. The average molecular weight is 461 g/mol. The van der Waals surface area contributed by atoms with Gasteiger partial charge >= 0.3 is 0 Å². The number of hydrogen-bond acceptors (Lipinski definition) is 4. The molecule has 4 aromatic rings. The minimum absolute atomic E-state index is 0.0183. The molecule has 5 rings (SSSR count). The van der Waals surface area contributed by atoms with Gasteiger partial charge in [-0.2, -0.15) is 5.10 Å². The van der Waals surface area contributed by atoms with Crippen LogP contribution < -0.4 is 10.6 Å². The van der Waals surface area contributed by atoms with Gasteiger partial charge in [0, 0.05) is 18.7 Å². The van der Waals surface area contributed by atoms with Crippen LogP contribution in [-0.2, 0) is 13.0 Å². The van der Waals surface area contributed by atoms with E-state index in [-0.39, 0.29) is 29.9 Å². The van der Waals surface area contributed by atoms with Gasteiger partial charge in [0.25, 0.3) is 11.8 Å². The number of hydrogen-bond donors (Lipinski definition) is 2. The summed E-state index contributed by atoms with van der Waals surface area (Å²) in [5, 5.41) is 9.87. The summed E-state index contributed by atoms with van der Waals surface area (Å²) in [4.78, 5) is 30.3. The second-order valence-electron chi connectivity index (χ2n) is 8.18. The number of halogens is 2. The van der Waals surface area contributed by atoms with Gasteiger partial charge in [0.15, 0.2) is 17.3 Å². The Morgan fingerprint density at radius 2 is 1.88 bits per heavy atom. The van der Waals surface area contributed by atoms with E-state index in [1.54, 1.807) is 6.07 Å². The Labute approximate surface area is 193 Å². The highest BCUT2D eigenvalue weighted by atomic mass is 19.2. The number of carbonyl (C=O) groups is 2. The van der Waals surface area contributed by atoms with E-state index in [0.29, 0.717) is 11.2 Å². The van der Waals surface area contributed by atoms with Crippen LogP contribution in [0.1, 0.15) is 56.6 Å². The van der Waals surface area contributed by atoms with Gasteiger partial charge in [-0.15, -0.1) is 0 Å². The molecule has 172 valence electrons. The van der Waals surface area contributed by atoms with E-state index in [4.69, 9.17) is 0 Å². The summed E-state index contributed by atoms with van der Waals surface area (Å²) in [5.74, 6) is -2.87. The molecular weight excluding hydrogens is 440 g/mol. The number of fused-ring (bicyclic) bond motifs is 2. The van der Waals surface area contributed by atoms with E-state index in [1.165, 1.54) is 28.4 Å². The summed E-state index contributed by atoms with van der Waals surface area (Å²) >= 11 is 0. The van der Waals surface area contributed by atoms with Crippen LogP contribution in [0.5, 0.6) is 0 Å². The smallest absolute Gasteiger partial charge is 0.270 e. The van der Waals surface area contributed by atoms with Crippen molar-refractivity contribution in [1.82, 2.24) is 25.2 Å². The Kier molecular flexibility index (Phi) is 5.75. The molecule has 2 aromatic carbocycles. The van der Waals surface area contributed by atoms with Crippen molar-refractivity contribution < 1.29 is 18.4 Å². The number of amides is 2. The molecule has 2 heterocycles. The maximum atomic E-state index is 13.4. The third-order valence-electron chi connectivity index (χ3n) is 5.94. The van der Waals surface area contributed by atoms with Crippen LogP contribution in [0.25, 0.3) is 5.65 Å². The van der Waals surface area contributed by atoms with Gasteiger partial charge < -0.3 is 10.6 Å². The first kappa shape index (κ1) is 21.7. The van der Waals surface area contributed by atoms with Crippen LogP contribution in [-0.4, -0.2) is 26.4 Å². The fourth-order valence-corrected chi connectivity index (χ4v) is 4.25. The molecule has 34 heavy (non-hydrogen) atoms. The molecule has 0 saturated heterocycles. The Morgan fingerprint density at radius 1 is 1.03 bits per heavy atom. The summed E-state index contributed by atoms with van der Waals surface area (Å²) in [7, 11) is 0. The van der Waals surface area contributed by atoms with Gasteiger partial charge in [-0.05, 0) is 48.1 Å². The molecule has 2 amide bonds. The molecule has 1 aliphatic carbocycles. The molecule has 0 aliphatic heterocycles. The van der Waals surface area contributed by atoms with Crippen molar-refractivity contribution >= 4 is 17.5 Å². The van der Waals surface area contributed by atoms with Crippen LogP contribution in [0.2, 0.25) is 0 Å². The van der Waals surface area contributed by atoms with Crippen molar-refractivity contribution in [1.29, 1.82) is 0 Å². The lowest BCUT2D eigenvalue weighted by atomic mass is 9.87. The van der Waals surface area contributed by atoms with Gasteiger partial charge in [0.05, 0.1) is 12.2 Å². The molecule has 1 unspecified atom stereocenters. The number of nitrogens with zero attached hydrogens (tertiary/aromatic N) is 3. The topological polar surface area (TPSA) is 88.4 Å². The molecule has 1 atom stereocenters. The molecular formula is C25H21F2N5O2. The Bertz CT molecular complexity index is 1400. The highest BCUT2D eigenvalue weighted by Gasteiger charge is 2.24. The predicted molar refractivity (Wildman–Crippen MR) is 120 cm³/mol. The normalized spacial score (nSPS) is 15.1. The van der Waals surface area contributed by atoms with E-state index in [2.05, 4.69) is 26.8 Å². The standard InChI is InChI=1S/C25H21F2N5O2/c26-18-9-8-15(12-19(18)27)14-28-24(33)21-13-22(32-23(30-21)10-11-29-32)25(34)31-20-7-3-5-16-4-1-2-6-17(16)20/h1-2,4,6,8-13,20H,3,5,7,14H2,(H,28,33)(H,31,34). The van der Waals surface area contributed by atoms with Crippen LogP contribution in [0.15, 0.2) is 60.8 Å². The zero-order chi connectivity index (χ0) is 23.7. The molecule has 1 aliphatic rings. The maximum absolute atomic E-state index is 13.4. The molecule has 7 nitrogen and oxygen atoms in total. The van der Waals surface area contributed by atoms with Crippen molar-refractivity contribution in [2.24, 2.45) is 0 Å². The lowest BCUT2D eigenvalue weighted by Crippen LogP contribution is -2.33. The molecule has 0 radical (unpaired) electrons. The first-order valence-corrected chi connectivity index (χ1v) is 10.9. The van der Waals surface area contributed by atoms with E-state index in [1.807, 2.05) is 18.2 Å². The van der Waals surface area contributed by atoms with E-state index < -0.39 is 17.5 Å². The molecule has 0 fully saturated rings. The minimum atomic E-state index is -0.992. The Hall–Kier alpha value is -4.14. The van der Waals surface area contributed by atoms with Crippen molar-refractivity contribution in [3.63, 3.8) is 0 Å². The fourth-order valence-electron chi connectivity index (χ4n) is 4.25. The number of nitrogens with one attached hydrogen (secondary N) is 2. The first-order chi connectivity index (χ1) is 16.5. The van der Waals surface area contributed by atoms with Crippen LogP contribution >= 0.6 is 0 Å². The van der Waals surface area contributed by atoms with Crippen LogP contribution in [0.4, 0.5) is 8.78 Å². The second-order valence-corrected chi connectivity index (χ2v) is 8.18. The Balaban J connectivity index is 1.38. The van der Waals surface area contributed by atoms with Crippen molar-refractivity contribution in [2.45, 2.75) is 31.8 Å². The molecule has 0 saturated carbocycles. The fraction of sp³-hybridized carbons (Fsp3) is 0.200. The monoisotopic (exact) mass is 461 g/mol. The van der Waals surface area contributed by atoms with Crippen LogP contribution in [0.3, 0.4) is 0 Å². The zero-order valence-electron chi connectivity index (χ0n) is 18.1. The van der Waals surface area contributed by atoms with E-state index >= 15 is 0 Å². The second kappa shape index (κ2) is 9.01. The van der Waals surface area contributed by atoms with Crippen LogP contribution in [0, 0.1) is 11.6 Å². The number of benzene rings is 2. The number of rotatable bonds is 5. The van der Waals surface area contributed by atoms with E-state index in [9.17, 15) is 18.4 Å². The summed E-state index contributed by atoms with van der Waals surface area (Å²) in [5.41, 5.74) is 3.25. The van der Waals surface area contributed by atoms with Gasteiger partial charge in [-0.1, -0.05) is 30.3 Å². The average Bonchev–Trinajstić information content (AvgIpc) is 3.33. The van der Waals surface area contributed by atoms with Crippen molar-refractivity contribution in [2.75, 3.05) is 0 Å². The lowest BCUT2D eigenvalue weighted by Gasteiger charge is -2.26. The van der Waals surface area contributed by atoms with Crippen molar-refractivity contribution in [3.8, 4) is 0 Å². The first-order valence-electron chi connectivity index (χ1n) is 10.9. The van der Waals surface area contributed by atoms with Crippen molar-refractivity contribution in [3.05, 3.63) is 101 Å². The molecule has 2 aromatic heterocycles. The third-order valence-corrected chi connectivity index (χ3v) is 5.94. The summed E-state index contributed by atoms with van der Waals surface area (Å²) < 4.78 is 28.0. The van der Waals surface area contributed by atoms with Gasteiger partial charge in [0.1, 0.15) is 11.4 Å². The quantitative estimate of drug-likeness (QED) is 0.474. The largest absolute Gasteiger partial charge is 0.347 e. The summed E-state index contributed by atoms with van der Waals surface area (Å²) in [6.07, 6.45) is 4.26. The number of aromatic nitrogens is 3. The lowest BCUT2D eigenvalue weighted by molar-refractivity contribution is 0.0925. The minimum Gasteiger partial charge on any atom is -0.347 e. The Morgan fingerprint density at radius 3 is 2.74 bits per heavy atom. The van der Waals surface area contributed by atoms with E-state index in [0.717, 1.165) is 37.0 Å². The van der Waals surface area contributed by atoms with Gasteiger partial charge in [0.2, 0.25) is 0 Å². The predicted octanol–water partition coefficient (Wildman–Crippen LogP) is 3.74. The summed E-state index contributed by atoms with van der Waals surface area (Å²) in [6.45, 7) is -0.0253. The van der Waals surface area contributed by atoms with Gasteiger partial charge in [-0.25, -0.2) is 18.3 Å². The molecule has 0 bridgehead atoms. The maximum Gasteiger partial charge on any atom is 0.270 e. The molecule has 9 heteroatoms. The SMILES string of the molecule is O=C(NCc1ccc(F)c(F)c1)c1cc(C(=O)NC2CCCc3ccccc32)n2nccc2n1. The zero-order valence-corrected chi connectivity index (χ0v) is 18.1. The highest BCUT2D eigenvalue weighted by Crippen LogP contribution is 2.29. The summed E-state index contributed by atoms with van der Waals surface area (Å²) in [6, 6.07) is 14.3. The molecule has 0 spiro atoms. The highest BCUT2D eigenvalue weighted by molar-refractivity contribution is 5.98. The number of aryl methyl sites for hydroxylation is 1. The third kappa shape index (κ3) is 4.24. The molecule has 2 N–H and O–H groups in total. The van der Waals surface area contributed by atoms with Gasteiger partial charge in [-0.3, -0.25) is 9.59 Å².